The van der Waals surface area contributed by atoms with Gasteiger partial charge in [-0.3, -0.25) is 14.4 Å². The molecule has 252 valence electrons. The summed E-state index contributed by atoms with van der Waals surface area (Å²) in [6.45, 7) is 16.5. The van der Waals surface area contributed by atoms with E-state index in [4.69, 9.17) is 16.3 Å². The number of fused-ring (bicyclic) bond motifs is 1. The van der Waals surface area contributed by atoms with Gasteiger partial charge < -0.3 is 24.5 Å². The number of benzene rings is 2. The van der Waals surface area contributed by atoms with Crippen molar-refractivity contribution >= 4 is 52.5 Å². The van der Waals surface area contributed by atoms with Crippen LogP contribution in [-0.2, 0) is 14.4 Å². The summed E-state index contributed by atoms with van der Waals surface area (Å²) in [5.41, 5.74) is 1.22. The average Bonchev–Trinajstić information content (AvgIpc) is 3.67. The molecule has 3 saturated heterocycles. The minimum Gasteiger partial charge on any atom is -0.494 e. The van der Waals surface area contributed by atoms with E-state index in [9.17, 15) is 14.7 Å². The van der Waals surface area contributed by atoms with Gasteiger partial charge in [0.2, 0.25) is 11.8 Å². The third-order valence-electron chi connectivity index (χ3n) is 10.3. The summed E-state index contributed by atoms with van der Waals surface area (Å²) in [5, 5.41) is 11.0. The highest BCUT2D eigenvalue weighted by Crippen LogP contribution is 2.69. The number of nitrogens with zero attached hydrogens (tertiary/aromatic N) is 3. The zero-order valence-corrected chi connectivity index (χ0v) is 29.3. The average molecular weight is 680 g/mol. The fourth-order valence-electron chi connectivity index (χ4n) is 7.97. The first-order chi connectivity index (χ1) is 22.6. The molecule has 3 fully saturated rings. The van der Waals surface area contributed by atoms with Crippen LogP contribution in [0.25, 0.3) is 0 Å². The zero-order chi connectivity index (χ0) is 34.0. The van der Waals surface area contributed by atoms with Gasteiger partial charge in [0, 0.05) is 24.0 Å². The number of amides is 3. The lowest BCUT2D eigenvalue weighted by Crippen LogP contribution is -2.60. The third-order valence-corrected chi connectivity index (χ3v) is 12.7. The first kappa shape index (κ1) is 35.0. The maximum absolute atomic E-state index is 15.1. The Bertz CT molecular complexity index is 1500. The lowest BCUT2D eigenvalue weighted by Gasteiger charge is -2.43. The maximum Gasteiger partial charge on any atom is 0.251 e. The number of rotatable bonds is 14. The van der Waals surface area contributed by atoms with E-state index in [0.29, 0.717) is 41.6 Å². The molecular weight excluding hydrogens is 634 g/mol. The highest BCUT2D eigenvalue weighted by molar-refractivity contribution is 8.02. The molecule has 0 aromatic heterocycles. The number of carbonyl (C=O) groups excluding carboxylic acids is 3. The summed E-state index contributed by atoms with van der Waals surface area (Å²) in [7, 11) is 0. The van der Waals surface area contributed by atoms with E-state index in [1.54, 1.807) is 56.8 Å². The van der Waals surface area contributed by atoms with Crippen molar-refractivity contribution in [2.24, 2.45) is 23.7 Å². The number of thioether (sulfide) groups is 1. The molecule has 10 heteroatoms. The Morgan fingerprint density at radius 3 is 2.36 bits per heavy atom. The predicted octanol–water partition coefficient (Wildman–Crippen LogP) is 6.22. The Morgan fingerprint density at radius 1 is 1.11 bits per heavy atom. The van der Waals surface area contributed by atoms with E-state index < -0.39 is 28.7 Å². The Balaban J connectivity index is 1.63. The second kappa shape index (κ2) is 14.5. The van der Waals surface area contributed by atoms with Crippen molar-refractivity contribution in [1.82, 2.24) is 4.90 Å². The molecule has 3 unspecified atom stereocenters. The number of hydrogen-bond acceptors (Lipinski definition) is 6. The van der Waals surface area contributed by atoms with Gasteiger partial charge in [0.1, 0.15) is 11.8 Å². The zero-order valence-electron chi connectivity index (χ0n) is 27.7. The molecule has 3 aliphatic rings. The summed E-state index contributed by atoms with van der Waals surface area (Å²) in [4.78, 5) is 49.7. The van der Waals surface area contributed by atoms with Gasteiger partial charge in [-0.1, -0.05) is 63.1 Å². The van der Waals surface area contributed by atoms with Gasteiger partial charge in [-0.25, -0.2) is 0 Å². The van der Waals surface area contributed by atoms with Crippen molar-refractivity contribution in [3.05, 3.63) is 78.9 Å². The van der Waals surface area contributed by atoms with Crippen LogP contribution in [0.1, 0.15) is 40.5 Å². The van der Waals surface area contributed by atoms with Crippen LogP contribution in [0.15, 0.2) is 73.8 Å². The van der Waals surface area contributed by atoms with Crippen LogP contribution in [0.3, 0.4) is 0 Å². The van der Waals surface area contributed by atoms with Crippen LogP contribution in [-0.4, -0.2) is 76.1 Å². The molecule has 2 bridgehead atoms. The number of para-hydroxylation sites is 1. The molecule has 1 N–H and O–H groups in total. The van der Waals surface area contributed by atoms with E-state index in [1.807, 2.05) is 51.1 Å². The van der Waals surface area contributed by atoms with Crippen LogP contribution < -0.4 is 14.5 Å². The lowest BCUT2D eigenvalue weighted by molar-refractivity contribution is -0.143. The molecule has 8 nitrogen and oxygen atoms in total. The van der Waals surface area contributed by atoms with Crippen molar-refractivity contribution in [3.63, 3.8) is 0 Å². The van der Waals surface area contributed by atoms with Crippen molar-refractivity contribution in [2.75, 3.05) is 36.1 Å². The molecule has 0 aliphatic carbocycles. The summed E-state index contributed by atoms with van der Waals surface area (Å²) >= 11 is 8.26. The van der Waals surface area contributed by atoms with E-state index in [1.165, 1.54) is 0 Å². The van der Waals surface area contributed by atoms with Crippen molar-refractivity contribution < 1.29 is 24.2 Å². The minimum absolute atomic E-state index is 0.0408. The largest absolute Gasteiger partial charge is 0.494 e. The molecule has 8 atom stereocenters. The monoisotopic (exact) mass is 679 g/mol. The third kappa shape index (κ3) is 5.89. The second-order valence-electron chi connectivity index (χ2n) is 12.8. The standard InChI is InChI=1S/C37H46ClN3O5S/c1-7-19-39(25-15-17-26(18-16-25)46-10-4)34(43)31-30-21-24(6)37(47-30)32(31)35(44)41(29(22-42)23(5)9-3)33(37)36(45)40(20-8-2)28-14-12-11-13-27(28)38/h7-8,11-18,23-24,29-33,42H,1-2,9-10,19-22H2,3-6H3/t23-,24?,29-,30-,31+,32-,33?,37?/m0/s1. The van der Waals surface area contributed by atoms with Gasteiger partial charge in [0.25, 0.3) is 5.91 Å². The fourth-order valence-corrected chi connectivity index (χ4v) is 10.6. The fraction of sp³-hybridized carbons (Fsp3) is 0.486. The number of halogens is 1. The quantitative estimate of drug-likeness (QED) is 0.239. The van der Waals surface area contributed by atoms with Gasteiger partial charge in [0.05, 0.1) is 46.5 Å². The molecule has 47 heavy (non-hydrogen) atoms. The van der Waals surface area contributed by atoms with E-state index in [0.717, 1.165) is 0 Å². The van der Waals surface area contributed by atoms with E-state index in [-0.39, 0.29) is 54.5 Å². The number of carbonyl (C=O) groups is 3. The smallest absolute Gasteiger partial charge is 0.251 e. The van der Waals surface area contributed by atoms with Crippen LogP contribution in [0.5, 0.6) is 5.75 Å². The van der Waals surface area contributed by atoms with Crippen LogP contribution in [0.4, 0.5) is 11.4 Å². The Morgan fingerprint density at radius 2 is 1.77 bits per heavy atom. The van der Waals surface area contributed by atoms with Crippen molar-refractivity contribution in [1.29, 1.82) is 0 Å². The molecule has 0 radical (unpaired) electrons. The molecular formula is C37H46ClN3O5S. The number of aliphatic hydroxyl groups excluding tert-OH is 1. The Kier molecular flexibility index (Phi) is 10.8. The molecule has 2 aromatic carbocycles. The van der Waals surface area contributed by atoms with Crippen molar-refractivity contribution in [3.8, 4) is 5.75 Å². The summed E-state index contributed by atoms with van der Waals surface area (Å²) < 4.78 is 4.74. The topological polar surface area (TPSA) is 90.4 Å². The van der Waals surface area contributed by atoms with Gasteiger partial charge in [-0.2, -0.15) is 0 Å². The first-order valence-corrected chi connectivity index (χ1v) is 17.8. The molecule has 3 heterocycles. The molecule has 0 saturated carbocycles. The molecule has 3 amide bonds. The predicted molar refractivity (Wildman–Crippen MR) is 190 cm³/mol. The van der Waals surface area contributed by atoms with Gasteiger partial charge in [-0.05, 0) is 61.6 Å². The molecule has 2 aromatic rings. The van der Waals surface area contributed by atoms with Crippen molar-refractivity contribution in [2.45, 2.75) is 62.6 Å². The van der Waals surface area contributed by atoms with E-state index >= 15 is 4.79 Å². The summed E-state index contributed by atoms with van der Waals surface area (Å²) in [6, 6.07) is 13.0. The lowest BCUT2D eigenvalue weighted by atomic mass is 9.65. The highest BCUT2D eigenvalue weighted by atomic mass is 35.5. The molecule has 1 spiro atoms. The van der Waals surface area contributed by atoms with Gasteiger partial charge in [0.15, 0.2) is 0 Å². The summed E-state index contributed by atoms with van der Waals surface area (Å²) in [5.74, 6) is -1.51. The number of ether oxygens (including phenoxy) is 1. The first-order valence-electron chi connectivity index (χ1n) is 16.5. The Labute approximate surface area is 287 Å². The number of hydrogen-bond donors (Lipinski definition) is 1. The maximum atomic E-state index is 15.1. The molecule has 3 aliphatic heterocycles. The molecule has 5 rings (SSSR count). The minimum atomic E-state index is -0.913. The normalized spacial score (nSPS) is 27.2. The van der Waals surface area contributed by atoms with Crippen LogP contribution >= 0.6 is 23.4 Å². The number of aliphatic hydroxyl groups is 1. The van der Waals surface area contributed by atoms with E-state index in [2.05, 4.69) is 20.1 Å². The highest BCUT2D eigenvalue weighted by Gasteiger charge is 2.77. The second-order valence-corrected chi connectivity index (χ2v) is 14.7. The Hall–Kier alpha value is -3.27. The SMILES string of the molecule is C=CCN(C(=O)[C@@H]1[C@@H]2CC(C)C3(S2)C(C(=O)N(CC=C)c2ccccc2Cl)N([C@@H](CO)[C@@H](C)CC)C(=O)[C@H]13)c1ccc(OCC)cc1. The van der Waals surface area contributed by atoms with Crippen LogP contribution in [0.2, 0.25) is 5.02 Å². The number of likely N-dealkylation sites (tertiary alicyclic amines) is 1. The summed E-state index contributed by atoms with van der Waals surface area (Å²) in [6.07, 6.45) is 4.72. The number of anilines is 2. The van der Waals surface area contributed by atoms with Crippen LogP contribution in [0, 0.1) is 23.7 Å². The van der Waals surface area contributed by atoms with Gasteiger partial charge in [-0.15, -0.1) is 24.9 Å². The van der Waals surface area contributed by atoms with Gasteiger partial charge >= 0.3 is 0 Å².